The third-order valence-corrected chi connectivity index (χ3v) is 2.52. The second kappa shape index (κ2) is 4.40. The fraction of sp³-hybridized carbons (Fsp3) is 0.0833. The van der Waals surface area contributed by atoms with Crippen LogP contribution in [0, 0.1) is 18.3 Å². The molecule has 0 unspecified atom stereocenters. The number of aryl methyl sites for hydroxylation is 1. The molecule has 2 rings (SSSR count). The lowest BCUT2D eigenvalue weighted by Gasteiger charge is -2.04. The van der Waals surface area contributed by atoms with Crippen LogP contribution in [-0.2, 0) is 0 Å². The average molecular weight is 246 g/mol. The Hall–Kier alpha value is -2.12. The molecular weight excluding hydrogens is 238 g/mol. The Bertz CT molecular complexity index is 653. The van der Waals surface area contributed by atoms with Crippen LogP contribution in [0.5, 0.6) is 0 Å². The van der Waals surface area contributed by atoms with Crippen LogP contribution < -0.4 is 5.56 Å². The van der Waals surface area contributed by atoms with Crippen LogP contribution in [0.25, 0.3) is 11.3 Å². The molecule has 0 radical (unpaired) electrons. The number of rotatable bonds is 1. The van der Waals surface area contributed by atoms with Crippen molar-refractivity contribution in [1.29, 1.82) is 5.26 Å². The van der Waals surface area contributed by atoms with Crippen LogP contribution in [-0.4, -0.2) is 9.97 Å². The number of hydrogen-bond donors (Lipinski definition) is 1. The molecule has 1 aromatic carbocycles. The maximum absolute atomic E-state index is 11.6. The Morgan fingerprint density at radius 1 is 1.35 bits per heavy atom. The molecule has 1 aromatic heterocycles. The van der Waals surface area contributed by atoms with E-state index in [2.05, 4.69) is 9.97 Å². The van der Waals surface area contributed by atoms with Gasteiger partial charge in [-0.2, -0.15) is 5.26 Å². The molecule has 0 aliphatic carbocycles. The summed E-state index contributed by atoms with van der Waals surface area (Å²) in [5, 5.41) is 9.56. The molecule has 84 valence electrons. The molecule has 0 aliphatic rings. The summed E-state index contributed by atoms with van der Waals surface area (Å²) in [6.07, 6.45) is 0. The van der Waals surface area contributed by atoms with Crippen molar-refractivity contribution < 1.29 is 0 Å². The molecule has 0 saturated heterocycles. The minimum Gasteiger partial charge on any atom is -0.310 e. The Balaban J connectivity index is 2.71. The Morgan fingerprint density at radius 3 is 2.59 bits per heavy atom. The van der Waals surface area contributed by atoms with Gasteiger partial charge < -0.3 is 4.98 Å². The van der Waals surface area contributed by atoms with Gasteiger partial charge in [0.2, 0.25) is 0 Å². The molecule has 0 bridgehead atoms. The fourth-order valence-corrected chi connectivity index (χ4v) is 1.63. The van der Waals surface area contributed by atoms with E-state index in [-0.39, 0.29) is 5.56 Å². The molecule has 0 saturated carbocycles. The van der Waals surface area contributed by atoms with Crippen molar-refractivity contribution in [3.63, 3.8) is 0 Å². The lowest BCUT2D eigenvalue weighted by Crippen LogP contribution is -2.15. The molecule has 0 amide bonds. The van der Waals surface area contributed by atoms with E-state index in [0.29, 0.717) is 22.1 Å². The van der Waals surface area contributed by atoms with E-state index in [4.69, 9.17) is 16.9 Å². The maximum Gasteiger partial charge on any atom is 0.269 e. The third-order valence-electron chi connectivity index (χ3n) is 2.27. The molecule has 0 spiro atoms. The number of aromatic amines is 1. The predicted octanol–water partition coefficient (Wildman–Crippen LogP) is 2.27. The second-order valence-corrected chi connectivity index (χ2v) is 3.93. The van der Waals surface area contributed by atoms with Crippen molar-refractivity contribution in [2.45, 2.75) is 6.92 Å². The summed E-state index contributed by atoms with van der Waals surface area (Å²) in [5.41, 5.74) is 0.661. The van der Waals surface area contributed by atoms with E-state index in [1.54, 1.807) is 31.2 Å². The zero-order chi connectivity index (χ0) is 12.4. The third kappa shape index (κ3) is 2.19. The quantitative estimate of drug-likeness (QED) is 0.838. The number of nitriles is 1. The number of nitrogens with one attached hydrogen (secondary N) is 1. The van der Waals surface area contributed by atoms with E-state index >= 15 is 0 Å². The van der Waals surface area contributed by atoms with Crippen LogP contribution in [0.15, 0.2) is 29.1 Å². The molecular formula is C12H8ClN3O. The first kappa shape index (κ1) is 11.4. The molecule has 0 fully saturated rings. The van der Waals surface area contributed by atoms with Gasteiger partial charge in [0.25, 0.3) is 5.56 Å². The molecule has 1 N–H and O–H groups in total. The van der Waals surface area contributed by atoms with E-state index in [0.717, 1.165) is 0 Å². The zero-order valence-electron chi connectivity index (χ0n) is 8.99. The van der Waals surface area contributed by atoms with Crippen LogP contribution in [0.4, 0.5) is 0 Å². The van der Waals surface area contributed by atoms with Crippen LogP contribution in [0.2, 0.25) is 5.02 Å². The molecule has 1 heterocycles. The molecule has 4 nitrogen and oxygen atoms in total. The largest absolute Gasteiger partial charge is 0.310 e. The van der Waals surface area contributed by atoms with Crippen LogP contribution in [0.1, 0.15) is 11.4 Å². The van der Waals surface area contributed by atoms with Gasteiger partial charge >= 0.3 is 0 Å². The highest BCUT2D eigenvalue weighted by Crippen LogP contribution is 2.21. The maximum atomic E-state index is 11.6. The summed E-state index contributed by atoms with van der Waals surface area (Å²) in [6.45, 7) is 1.67. The van der Waals surface area contributed by atoms with Gasteiger partial charge in [0, 0.05) is 10.6 Å². The summed E-state index contributed by atoms with van der Waals surface area (Å²) >= 11 is 5.78. The van der Waals surface area contributed by atoms with E-state index in [9.17, 15) is 4.79 Å². The molecule has 0 atom stereocenters. The van der Waals surface area contributed by atoms with Gasteiger partial charge in [-0.05, 0) is 19.1 Å². The normalized spacial score (nSPS) is 9.94. The standard InChI is InChI=1S/C12H8ClN3O/c1-7-15-11(10(6-14)12(17)16-7)8-2-4-9(13)5-3-8/h2-5H,1H3,(H,15,16,17). The van der Waals surface area contributed by atoms with Crippen molar-refractivity contribution >= 4 is 11.6 Å². The average Bonchev–Trinajstić information content (AvgIpc) is 2.29. The Labute approximate surface area is 103 Å². The van der Waals surface area contributed by atoms with E-state index in [1.807, 2.05) is 6.07 Å². The van der Waals surface area contributed by atoms with Crippen molar-refractivity contribution in [2.24, 2.45) is 0 Å². The number of benzene rings is 1. The van der Waals surface area contributed by atoms with Crippen molar-refractivity contribution in [2.75, 3.05) is 0 Å². The van der Waals surface area contributed by atoms with Gasteiger partial charge in [-0.25, -0.2) is 4.98 Å². The van der Waals surface area contributed by atoms with E-state index in [1.165, 1.54) is 0 Å². The second-order valence-electron chi connectivity index (χ2n) is 3.49. The number of halogens is 1. The van der Waals surface area contributed by atoms with Crippen LogP contribution >= 0.6 is 11.6 Å². The summed E-state index contributed by atoms with van der Waals surface area (Å²) in [7, 11) is 0. The summed E-state index contributed by atoms with van der Waals surface area (Å²) in [6, 6.07) is 8.70. The SMILES string of the molecule is Cc1nc(-c2ccc(Cl)cc2)c(C#N)c(=O)[nH]1. The van der Waals surface area contributed by atoms with Gasteiger partial charge in [0.05, 0.1) is 5.69 Å². The first-order valence-electron chi connectivity index (χ1n) is 4.89. The number of aromatic nitrogens is 2. The summed E-state index contributed by atoms with van der Waals surface area (Å²) in [5.74, 6) is 0.471. The molecule has 5 heteroatoms. The lowest BCUT2D eigenvalue weighted by atomic mass is 10.1. The van der Waals surface area contributed by atoms with Crippen LogP contribution in [0.3, 0.4) is 0 Å². The van der Waals surface area contributed by atoms with Gasteiger partial charge in [-0.15, -0.1) is 0 Å². The highest BCUT2D eigenvalue weighted by atomic mass is 35.5. The highest BCUT2D eigenvalue weighted by Gasteiger charge is 2.11. The van der Waals surface area contributed by atoms with Crippen molar-refractivity contribution in [3.8, 4) is 17.3 Å². The predicted molar refractivity (Wildman–Crippen MR) is 64.8 cm³/mol. The van der Waals surface area contributed by atoms with Gasteiger partial charge in [0.1, 0.15) is 17.5 Å². The fourth-order valence-electron chi connectivity index (χ4n) is 1.51. The monoisotopic (exact) mass is 245 g/mol. The Morgan fingerprint density at radius 2 is 2.00 bits per heavy atom. The van der Waals surface area contributed by atoms with Gasteiger partial charge in [-0.3, -0.25) is 4.79 Å². The molecule has 2 aromatic rings. The lowest BCUT2D eigenvalue weighted by molar-refractivity contribution is 1.01. The summed E-state index contributed by atoms with van der Waals surface area (Å²) in [4.78, 5) is 18.3. The molecule has 0 aliphatic heterocycles. The number of H-pyrrole nitrogens is 1. The topological polar surface area (TPSA) is 69.5 Å². The minimum absolute atomic E-state index is 0.0120. The zero-order valence-corrected chi connectivity index (χ0v) is 9.75. The highest BCUT2D eigenvalue weighted by molar-refractivity contribution is 6.30. The van der Waals surface area contributed by atoms with Gasteiger partial charge in [0.15, 0.2) is 0 Å². The van der Waals surface area contributed by atoms with Gasteiger partial charge in [-0.1, -0.05) is 23.7 Å². The van der Waals surface area contributed by atoms with Crippen molar-refractivity contribution in [3.05, 3.63) is 51.0 Å². The number of hydrogen-bond acceptors (Lipinski definition) is 3. The first-order valence-corrected chi connectivity index (χ1v) is 5.26. The molecule has 17 heavy (non-hydrogen) atoms. The Kier molecular flexibility index (Phi) is 2.94. The first-order chi connectivity index (χ1) is 8.11. The number of nitrogens with zero attached hydrogens (tertiary/aromatic N) is 2. The minimum atomic E-state index is -0.426. The summed E-state index contributed by atoms with van der Waals surface area (Å²) < 4.78 is 0. The van der Waals surface area contributed by atoms with E-state index < -0.39 is 5.56 Å². The van der Waals surface area contributed by atoms with Crippen molar-refractivity contribution in [1.82, 2.24) is 9.97 Å². The smallest absolute Gasteiger partial charge is 0.269 e.